The van der Waals surface area contributed by atoms with Crippen molar-refractivity contribution in [2.75, 3.05) is 45.6 Å². The maximum Gasteiger partial charge on any atom is 0.287 e. The first kappa shape index (κ1) is 28.6. The molecular weight excluding hydrogens is 386 g/mol. The fourth-order valence-corrected chi connectivity index (χ4v) is 2.81. The van der Waals surface area contributed by atoms with Crippen molar-refractivity contribution in [1.29, 1.82) is 0 Å². The van der Waals surface area contributed by atoms with Gasteiger partial charge in [0.15, 0.2) is 9.84 Å². The molecule has 0 radical (unpaired) electrons. The first-order chi connectivity index (χ1) is 13.2. The lowest BCUT2D eigenvalue weighted by molar-refractivity contribution is -0.387. The van der Waals surface area contributed by atoms with E-state index < -0.39 is 20.4 Å². The highest BCUT2D eigenvalue weighted by Crippen LogP contribution is 2.24. The summed E-state index contributed by atoms with van der Waals surface area (Å²) in [4.78, 5) is 11.9. The number of likely N-dealkylation sites (N-methyl/N-ethyl adjacent to an activating group) is 1. The van der Waals surface area contributed by atoms with Crippen LogP contribution in [0, 0.1) is 10.1 Å². The van der Waals surface area contributed by atoms with Crippen LogP contribution in [0.4, 0.5) is 5.69 Å². The summed E-state index contributed by atoms with van der Waals surface area (Å²) >= 11 is 0. The number of nitro groups is 1. The van der Waals surface area contributed by atoms with Crippen LogP contribution in [0.25, 0.3) is 0 Å². The van der Waals surface area contributed by atoms with Crippen LogP contribution in [0.2, 0.25) is 0 Å². The molecule has 28 heavy (non-hydrogen) atoms. The van der Waals surface area contributed by atoms with Gasteiger partial charge in [-0.1, -0.05) is 38.8 Å². The zero-order valence-electron chi connectivity index (χ0n) is 17.1. The molecule has 0 bridgehead atoms. The number of hydrogen-bond donors (Lipinski definition) is 3. The Morgan fingerprint density at radius 1 is 1.14 bits per heavy atom. The molecule has 1 aliphatic rings. The molecule has 1 aliphatic heterocycles. The molecule has 1 saturated heterocycles. The molecule has 1 aromatic carbocycles. The van der Waals surface area contributed by atoms with Gasteiger partial charge >= 0.3 is 0 Å². The summed E-state index contributed by atoms with van der Waals surface area (Å²) in [5, 5.41) is 26.9. The van der Waals surface area contributed by atoms with Crippen LogP contribution in [-0.2, 0) is 9.84 Å². The van der Waals surface area contributed by atoms with Gasteiger partial charge in [-0.25, -0.2) is 8.42 Å². The molecule has 0 amide bonds. The van der Waals surface area contributed by atoms with E-state index in [1.54, 1.807) is 0 Å². The van der Waals surface area contributed by atoms with Gasteiger partial charge in [0.2, 0.25) is 0 Å². The normalized spacial score (nSPS) is 12.4. The lowest BCUT2D eigenvalue weighted by Gasteiger charge is -2.03. The number of unbranched alkanes of at least 4 members (excludes halogenated alkanes) is 1. The second kappa shape index (κ2) is 17.5. The summed E-state index contributed by atoms with van der Waals surface area (Å²) in [5.74, 6) is -0.297. The van der Waals surface area contributed by atoms with Crippen LogP contribution in [0.15, 0.2) is 29.2 Å². The number of nitrogens with two attached hydrogens (primary N) is 1. The first-order valence-corrected chi connectivity index (χ1v) is 10.9. The average Bonchev–Trinajstić information content (AvgIpc) is 3.49. The SMILES string of the molecule is CCCC.CN1CC1.NCCO.O=[N+]([O-])c1ccccc1S(=O)(=O)CCCO. The van der Waals surface area contributed by atoms with E-state index in [1.807, 2.05) is 0 Å². The summed E-state index contributed by atoms with van der Waals surface area (Å²) < 4.78 is 23.4. The summed E-state index contributed by atoms with van der Waals surface area (Å²) in [6.07, 6.45) is 2.70. The minimum atomic E-state index is -3.70. The van der Waals surface area contributed by atoms with Crippen molar-refractivity contribution >= 4 is 15.5 Å². The Morgan fingerprint density at radius 2 is 1.61 bits per heavy atom. The first-order valence-electron chi connectivity index (χ1n) is 9.28. The Balaban J connectivity index is 0. The van der Waals surface area contributed by atoms with Crippen molar-refractivity contribution in [1.82, 2.24) is 4.90 Å². The Kier molecular flexibility index (Phi) is 17.9. The van der Waals surface area contributed by atoms with Gasteiger partial charge in [-0.3, -0.25) is 10.1 Å². The molecule has 0 atom stereocenters. The van der Waals surface area contributed by atoms with Crippen LogP contribution in [-0.4, -0.2) is 74.1 Å². The standard InChI is InChI=1S/C9H11NO5S.C4H10.C3H7N.C2H7NO/c11-6-3-7-16(14,15)9-5-2-1-4-8(9)10(12)13;1-3-4-2;1-4-2-3-4;3-1-2-4/h1-2,4-5,11H,3,6-7H2;3-4H2,1-2H3;2-3H2,1H3;4H,1-3H2. The van der Waals surface area contributed by atoms with Crippen LogP contribution >= 0.6 is 0 Å². The summed E-state index contributed by atoms with van der Waals surface area (Å²) in [6.45, 7) is 7.21. The zero-order valence-corrected chi connectivity index (χ0v) is 17.9. The molecule has 1 heterocycles. The van der Waals surface area contributed by atoms with Gasteiger partial charge in [0.25, 0.3) is 5.69 Å². The van der Waals surface area contributed by atoms with Crippen molar-refractivity contribution in [3.8, 4) is 0 Å². The molecule has 0 unspecified atom stereocenters. The van der Waals surface area contributed by atoms with Gasteiger partial charge in [0.05, 0.1) is 17.3 Å². The topological polar surface area (TPSA) is 147 Å². The zero-order chi connectivity index (χ0) is 22.0. The number of aliphatic hydroxyl groups excluding tert-OH is 2. The summed E-state index contributed by atoms with van der Waals surface area (Å²) in [7, 11) is -1.59. The highest BCUT2D eigenvalue weighted by molar-refractivity contribution is 7.91. The molecule has 0 aliphatic carbocycles. The third-order valence-electron chi connectivity index (χ3n) is 3.27. The van der Waals surface area contributed by atoms with E-state index in [-0.39, 0.29) is 30.3 Å². The van der Waals surface area contributed by atoms with Crippen molar-refractivity contribution in [2.45, 2.75) is 38.0 Å². The van der Waals surface area contributed by atoms with Gasteiger partial charge in [-0.05, 0) is 19.5 Å². The Labute approximate surface area is 168 Å². The minimum absolute atomic E-state index is 0.0639. The summed E-state index contributed by atoms with van der Waals surface area (Å²) in [5.41, 5.74) is 4.35. The minimum Gasteiger partial charge on any atom is -0.396 e. The largest absolute Gasteiger partial charge is 0.396 e. The monoisotopic (exact) mass is 421 g/mol. The Morgan fingerprint density at radius 3 is 1.93 bits per heavy atom. The smallest absolute Gasteiger partial charge is 0.287 e. The van der Waals surface area contributed by atoms with Gasteiger partial charge in [-0.2, -0.15) is 0 Å². The third kappa shape index (κ3) is 15.5. The van der Waals surface area contributed by atoms with E-state index >= 15 is 0 Å². The second-order valence-corrected chi connectivity index (χ2v) is 8.01. The number of nitrogens with zero attached hydrogens (tertiary/aromatic N) is 2. The van der Waals surface area contributed by atoms with Gasteiger partial charge in [0, 0.05) is 32.3 Å². The van der Waals surface area contributed by atoms with E-state index in [1.165, 1.54) is 44.1 Å². The van der Waals surface area contributed by atoms with Gasteiger partial charge < -0.3 is 20.8 Å². The summed E-state index contributed by atoms with van der Waals surface area (Å²) in [6, 6.07) is 5.18. The quantitative estimate of drug-likeness (QED) is 0.340. The van der Waals surface area contributed by atoms with E-state index in [4.69, 9.17) is 15.9 Å². The molecule has 4 N–H and O–H groups in total. The molecular formula is C18H35N3O6S. The lowest BCUT2D eigenvalue weighted by Crippen LogP contribution is -2.10. The van der Waals surface area contributed by atoms with Gasteiger partial charge in [-0.15, -0.1) is 0 Å². The highest BCUT2D eigenvalue weighted by atomic mass is 32.2. The predicted molar refractivity (Wildman–Crippen MR) is 111 cm³/mol. The number of hydrogen-bond acceptors (Lipinski definition) is 8. The van der Waals surface area contributed by atoms with Crippen LogP contribution in [0.1, 0.15) is 33.1 Å². The number of sulfone groups is 1. The number of para-hydroxylation sites is 1. The Bertz CT molecular complexity index is 614. The molecule has 9 nitrogen and oxygen atoms in total. The van der Waals surface area contributed by atoms with E-state index in [0.29, 0.717) is 6.54 Å². The Hall–Kier alpha value is -1.59. The third-order valence-corrected chi connectivity index (χ3v) is 5.11. The number of aliphatic hydroxyl groups is 2. The second-order valence-electron chi connectivity index (χ2n) is 5.94. The van der Waals surface area contributed by atoms with Crippen molar-refractivity contribution < 1.29 is 23.6 Å². The number of benzene rings is 1. The highest BCUT2D eigenvalue weighted by Gasteiger charge is 2.24. The molecule has 164 valence electrons. The van der Waals surface area contributed by atoms with Crippen molar-refractivity contribution in [3.63, 3.8) is 0 Å². The van der Waals surface area contributed by atoms with E-state index in [2.05, 4.69) is 25.8 Å². The molecule has 0 aromatic heterocycles. The predicted octanol–water partition coefficient (Wildman–Crippen LogP) is 1.43. The van der Waals surface area contributed by atoms with Crippen molar-refractivity contribution in [2.24, 2.45) is 5.73 Å². The average molecular weight is 422 g/mol. The maximum atomic E-state index is 11.7. The molecule has 0 spiro atoms. The van der Waals surface area contributed by atoms with Crippen LogP contribution in [0.5, 0.6) is 0 Å². The van der Waals surface area contributed by atoms with E-state index in [0.717, 1.165) is 6.07 Å². The maximum absolute atomic E-state index is 11.7. The molecule has 1 fully saturated rings. The number of rotatable bonds is 7. The number of nitro benzene ring substituents is 1. The van der Waals surface area contributed by atoms with Crippen LogP contribution in [0.3, 0.4) is 0 Å². The lowest BCUT2D eigenvalue weighted by atomic mass is 10.3. The molecule has 1 aromatic rings. The van der Waals surface area contributed by atoms with E-state index in [9.17, 15) is 18.5 Å². The fraction of sp³-hybridized carbons (Fsp3) is 0.667. The molecule has 2 rings (SSSR count). The molecule has 0 saturated carbocycles. The van der Waals surface area contributed by atoms with Crippen molar-refractivity contribution in [3.05, 3.63) is 34.4 Å². The fourth-order valence-electron chi connectivity index (χ4n) is 1.34. The van der Waals surface area contributed by atoms with Crippen LogP contribution < -0.4 is 5.73 Å². The van der Waals surface area contributed by atoms with Gasteiger partial charge in [0.1, 0.15) is 4.90 Å². The molecule has 10 heteroatoms.